The highest BCUT2D eigenvalue weighted by Crippen LogP contribution is 2.22. The minimum Gasteiger partial charge on any atom is -0.508 e. The molecule has 0 aliphatic carbocycles. The van der Waals surface area contributed by atoms with Crippen LogP contribution in [0.15, 0.2) is 18.2 Å². The van der Waals surface area contributed by atoms with Crippen molar-refractivity contribution in [2.45, 2.75) is 19.6 Å². The van der Waals surface area contributed by atoms with Gasteiger partial charge in [0.05, 0.1) is 6.10 Å². The molecule has 0 bridgehead atoms. The molecule has 0 spiro atoms. The lowest BCUT2D eigenvalue weighted by Gasteiger charge is -2.13. The van der Waals surface area contributed by atoms with Crippen molar-refractivity contribution in [3.8, 4) is 5.75 Å². The van der Waals surface area contributed by atoms with Gasteiger partial charge in [0.15, 0.2) is 0 Å². The third-order valence-electron chi connectivity index (χ3n) is 2.07. The van der Waals surface area contributed by atoms with E-state index in [1.165, 1.54) is 0 Å². The summed E-state index contributed by atoms with van der Waals surface area (Å²) in [4.78, 5) is 1.97. The summed E-state index contributed by atoms with van der Waals surface area (Å²) in [6.45, 7) is 2.39. The summed E-state index contributed by atoms with van der Waals surface area (Å²) in [7, 11) is 3.88. The van der Waals surface area contributed by atoms with Crippen molar-refractivity contribution in [3.63, 3.8) is 0 Å². The van der Waals surface area contributed by atoms with Crippen LogP contribution in [0.25, 0.3) is 0 Å². The molecule has 0 heterocycles. The highest BCUT2D eigenvalue weighted by molar-refractivity contribution is 5.36. The molecule has 0 saturated carbocycles. The molecular weight excluding hydrogens is 178 g/mol. The maximum atomic E-state index is 9.56. The quantitative estimate of drug-likeness (QED) is 0.768. The normalized spacial score (nSPS) is 13.2. The Morgan fingerprint density at radius 3 is 2.50 bits per heavy atom. The third-order valence-corrected chi connectivity index (χ3v) is 2.07. The van der Waals surface area contributed by atoms with Crippen molar-refractivity contribution in [2.75, 3.05) is 14.1 Å². The van der Waals surface area contributed by atoms with Gasteiger partial charge < -0.3 is 15.1 Å². The number of aliphatic hydroxyl groups excluding tert-OH is 1. The zero-order valence-corrected chi connectivity index (χ0v) is 8.86. The van der Waals surface area contributed by atoms with E-state index in [4.69, 9.17) is 0 Å². The summed E-state index contributed by atoms with van der Waals surface area (Å²) in [6, 6.07) is 5.19. The molecule has 0 amide bonds. The number of rotatable bonds is 3. The molecule has 1 aromatic carbocycles. The number of aliphatic hydroxyl groups is 1. The first kappa shape index (κ1) is 11.0. The second kappa shape index (κ2) is 4.44. The van der Waals surface area contributed by atoms with Crippen LogP contribution < -0.4 is 0 Å². The van der Waals surface area contributed by atoms with Gasteiger partial charge in [-0.05, 0) is 38.7 Å². The molecule has 14 heavy (non-hydrogen) atoms. The average molecular weight is 195 g/mol. The van der Waals surface area contributed by atoms with Gasteiger partial charge in [0.1, 0.15) is 5.75 Å². The van der Waals surface area contributed by atoms with E-state index in [2.05, 4.69) is 0 Å². The molecule has 2 N–H and O–H groups in total. The first-order valence-electron chi connectivity index (χ1n) is 4.65. The van der Waals surface area contributed by atoms with Crippen molar-refractivity contribution in [2.24, 2.45) is 0 Å². The summed E-state index contributed by atoms with van der Waals surface area (Å²) in [5, 5.41) is 18.9. The molecule has 1 aromatic rings. The van der Waals surface area contributed by atoms with E-state index in [9.17, 15) is 10.2 Å². The lowest BCUT2D eigenvalue weighted by Crippen LogP contribution is -2.11. The minimum absolute atomic E-state index is 0.281. The molecule has 0 radical (unpaired) electrons. The van der Waals surface area contributed by atoms with Crippen LogP contribution in [-0.2, 0) is 6.54 Å². The number of phenols is 1. The Kier molecular flexibility index (Phi) is 3.49. The first-order chi connectivity index (χ1) is 6.50. The maximum Gasteiger partial charge on any atom is 0.120 e. The fourth-order valence-corrected chi connectivity index (χ4v) is 1.33. The van der Waals surface area contributed by atoms with Gasteiger partial charge in [-0.2, -0.15) is 0 Å². The Morgan fingerprint density at radius 1 is 1.36 bits per heavy atom. The Balaban J connectivity index is 2.96. The number of aromatic hydroxyl groups is 1. The molecule has 1 atom stereocenters. The van der Waals surface area contributed by atoms with Crippen LogP contribution in [0, 0.1) is 0 Å². The summed E-state index contributed by atoms with van der Waals surface area (Å²) in [5.41, 5.74) is 1.67. The molecule has 78 valence electrons. The zero-order chi connectivity index (χ0) is 10.7. The summed E-state index contributed by atoms with van der Waals surface area (Å²) in [6.07, 6.45) is -0.489. The smallest absolute Gasteiger partial charge is 0.120 e. The molecule has 0 fully saturated rings. The van der Waals surface area contributed by atoms with Gasteiger partial charge in [0, 0.05) is 12.1 Å². The van der Waals surface area contributed by atoms with E-state index >= 15 is 0 Å². The van der Waals surface area contributed by atoms with Gasteiger partial charge in [-0.3, -0.25) is 0 Å². The molecule has 0 aliphatic rings. The van der Waals surface area contributed by atoms with Crippen LogP contribution in [0.5, 0.6) is 5.75 Å². The van der Waals surface area contributed by atoms with Crippen LogP contribution in [0.3, 0.4) is 0 Å². The predicted octanol–water partition coefficient (Wildman–Crippen LogP) is 1.51. The van der Waals surface area contributed by atoms with Gasteiger partial charge >= 0.3 is 0 Å². The Hall–Kier alpha value is -1.06. The van der Waals surface area contributed by atoms with Gasteiger partial charge in [-0.15, -0.1) is 0 Å². The summed E-state index contributed by atoms with van der Waals surface area (Å²) >= 11 is 0. The third kappa shape index (κ3) is 2.72. The largest absolute Gasteiger partial charge is 0.508 e. The molecule has 3 heteroatoms. The fraction of sp³-hybridized carbons (Fsp3) is 0.455. The highest BCUT2D eigenvalue weighted by atomic mass is 16.3. The van der Waals surface area contributed by atoms with Crippen molar-refractivity contribution in [1.82, 2.24) is 4.90 Å². The second-order valence-corrected chi connectivity index (χ2v) is 3.80. The molecule has 0 aliphatic heterocycles. The van der Waals surface area contributed by atoms with E-state index < -0.39 is 6.10 Å². The van der Waals surface area contributed by atoms with Crippen LogP contribution in [-0.4, -0.2) is 29.2 Å². The Labute approximate surface area is 84.6 Å². The van der Waals surface area contributed by atoms with E-state index in [1.54, 1.807) is 19.1 Å². The van der Waals surface area contributed by atoms with E-state index in [-0.39, 0.29) is 5.75 Å². The Morgan fingerprint density at radius 2 is 2.00 bits per heavy atom. The molecular formula is C11H17NO2. The number of hydrogen-bond donors (Lipinski definition) is 2. The molecule has 0 aromatic heterocycles. The zero-order valence-electron chi connectivity index (χ0n) is 8.86. The highest BCUT2D eigenvalue weighted by Gasteiger charge is 2.06. The van der Waals surface area contributed by atoms with E-state index in [0.29, 0.717) is 6.54 Å². The molecule has 0 saturated heterocycles. The van der Waals surface area contributed by atoms with Crippen LogP contribution in [0.4, 0.5) is 0 Å². The van der Waals surface area contributed by atoms with Gasteiger partial charge in [-0.25, -0.2) is 0 Å². The topological polar surface area (TPSA) is 43.7 Å². The van der Waals surface area contributed by atoms with E-state index in [0.717, 1.165) is 11.1 Å². The first-order valence-corrected chi connectivity index (χ1v) is 4.65. The van der Waals surface area contributed by atoms with Gasteiger partial charge in [-0.1, -0.05) is 6.07 Å². The van der Waals surface area contributed by atoms with E-state index in [1.807, 2.05) is 25.1 Å². The molecule has 3 nitrogen and oxygen atoms in total. The van der Waals surface area contributed by atoms with Gasteiger partial charge in [0.25, 0.3) is 0 Å². The lowest BCUT2D eigenvalue weighted by molar-refractivity contribution is 0.199. The SMILES string of the molecule is C[C@@H](O)c1ccc(O)c(CN(C)C)c1. The van der Waals surface area contributed by atoms with Gasteiger partial charge in [0.2, 0.25) is 0 Å². The minimum atomic E-state index is -0.489. The fourth-order valence-electron chi connectivity index (χ4n) is 1.33. The number of nitrogens with zero attached hydrogens (tertiary/aromatic N) is 1. The van der Waals surface area contributed by atoms with Crippen molar-refractivity contribution in [1.29, 1.82) is 0 Å². The molecule has 1 rings (SSSR count). The van der Waals surface area contributed by atoms with Crippen molar-refractivity contribution < 1.29 is 10.2 Å². The summed E-state index contributed by atoms with van der Waals surface area (Å²) in [5.74, 6) is 0.281. The standard InChI is InChI=1S/C11H17NO2/c1-8(13)9-4-5-11(14)10(6-9)7-12(2)3/h4-6,8,13-14H,7H2,1-3H3/t8-/m1/s1. The number of benzene rings is 1. The van der Waals surface area contributed by atoms with Crippen LogP contribution in [0.1, 0.15) is 24.2 Å². The maximum absolute atomic E-state index is 9.56. The average Bonchev–Trinajstić information content (AvgIpc) is 2.07. The summed E-state index contributed by atoms with van der Waals surface area (Å²) < 4.78 is 0. The van der Waals surface area contributed by atoms with Crippen LogP contribution >= 0.6 is 0 Å². The van der Waals surface area contributed by atoms with Crippen molar-refractivity contribution >= 4 is 0 Å². The monoisotopic (exact) mass is 195 g/mol. The second-order valence-electron chi connectivity index (χ2n) is 3.80. The number of phenolic OH excluding ortho intramolecular Hbond substituents is 1. The predicted molar refractivity (Wildman–Crippen MR) is 56.1 cm³/mol. The van der Waals surface area contributed by atoms with Crippen LogP contribution in [0.2, 0.25) is 0 Å². The Bertz CT molecular complexity index is 308. The lowest BCUT2D eigenvalue weighted by atomic mass is 10.1. The molecule has 0 unspecified atom stereocenters. The number of hydrogen-bond acceptors (Lipinski definition) is 3. The van der Waals surface area contributed by atoms with Crippen molar-refractivity contribution in [3.05, 3.63) is 29.3 Å².